The predicted octanol–water partition coefficient (Wildman–Crippen LogP) is 3.66. The van der Waals surface area contributed by atoms with Crippen molar-refractivity contribution in [3.05, 3.63) is 29.8 Å². The molecule has 3 rings (SSSR count). The molecule has 152 valence electrons. The Balaban J connectivity index is 1.74. The first kappa shape index (κ1) is 20.7. The lowest BCUT2D eigenvalue weighted by atomic mass is 9.82. The van der Waals surface area contributed by atoms with Gasteiger partial charge < -0.3 is 0 Å². The molecule has 1 aromatic rings. The minimum atomic E-state index is -3.70. The molecule has 0 N–H and O–H groups in total. The molecule has 6 nitrogen and oxygen atoms in total. The normalized spacial score (nSPS) is 26.3. The largest absolute Gasteiger partial charge is 0.296 e. The third-order valence-corrected chi connectivity index (χ3v) is 7.34. The Morgan fingerprint density at radius 3 is 2.30 bits per heavy atom. The van der Waals surface area contributed by atoms with Crippen LogP contribution < -0.4 is 0 Å². The van der Waals surface area contributed by atoms with Crippen LogP contribution in [0.5, 0.6) is 0 Å². The van der Waals surface area contributed by atoms with Crippen molar-refractivity contribution in [2.75, 3.05) is 13.2 Å². The summed E-state index contributed by atoms with van der Waals surface area (Å²) in [7, 11) is -3.70. The minimum absolute atomic E-state index is 0.0815. The molecule has 1 unspecified atom stereocenters. The van der Waals surface area contributed by atoms with E-state index in [4.69, 9.17) is 9.68 Å². The van der Waals surface area contributed by atoms with E-state index in [0.717, 1.165) is 22.9 Å². The van der Waals surface area contributed by atoms with Crippen molar-refractivity contribution in [1.82, 2.24) is 9.53 Å². The number of hydroxylamine groups is 3. The summed E-state index contributed by atoms with van der Waals surface area (Å²) in [5.41, 5.74) is 0.856. The van der Waals surface area contributed by atoms with Gasteiger partial charge in [-0.25, -0.2) is 8.42 Å². The van der Waals surface area contributed by atoms with Gasteiger partial charge in [-0.2, -0.15) is 5.06 Å². The molecule has 2 heterocycles. The predicted molar refractivity (Wildman–Crippen MR) is 104 cm³/mol. The van der Waals surface area contributed by atoms with Crippen LogP contribution in [0.1, 0.15) is 58.9 Å². The Kier molecular flexibility index (Phi) is 5.72. The summed E-state index contributed by atoms with van der Waals surface area (Å²) in [6.45, 7) is 11.3. The second-order valence-corrected chi connectivity index (χ2v) is 10.7. The van der Waals surface area contributed by atoms with Gasteiger partial charge in [0.25, 0.3) is 10.0 Å². The zero-order valence-corrected chi connectivity index (χ0v) is 17.9. The SMILES string of the molecule is Cc1ccc(S(=O)(=O)N2OCCC2CON2C(C)(C)CCCC2(C)C)cc1. The smallest absolute Gasteiger partial charge is 0.265 e. The monoisotopic (exact) mass is 396 g/mol. The Morgan fingerprint density at radius 1 is 1.11 bits per heavy atom. The first-order valence-electron chi connectivity index (χ1n) is 9.71. The van der Waals surface area contributed by atoms with Gasteiger partial charge in [0, 0.05) is 11.1 Å². The van der Waals surface area contributed by atoms with E-state index in [9.17, 15) is 8.42 Å². The second kappa shape index (κ2) is 7.44. The quantitative estimate of drug-likeness (QED) is 0.760. The van der Waals surface area contributed by atoms with Crippen LogP contribution in [-0.2, 0) is 19.7 Å². The molecule has 0 spiro atoms. The van der Waals surface area contributed by atoms with Crippen molar-refractivity contribution >= 4 is 10.0 Å². The van der Waals surface area contributed by atoms with Gasteiger partial charge in [0.1, 0.15) is 0 Å². The highest BCUT2D eigenvalue weighted by atomic mass is 32.2. The number of rotatable bonds is 5. The minimum Gasteiger partial charge on any atom is -0.296 e. The van der Waals surface area contributed by atoms with E-state index in [2.05, 4.69) is 32.8 Å². The van der Waals surface area contributed by atoms with Crippen molar-refractivity contribution in [3.8, 4) is 0 Å². The molecule has 1 aromatic carbocycles. The Labute approximate surface area is 163 Å². The van der Waals surface area contributed by atoms with Crippen molar-refractivity contribution < 1.29 is 18.1 Å². The molecule has 0 aromatic heterocycles. The maximum absolute atomic E-state index is 13.0. The molecule has 2 saturated heterocycles. The standard InChI is InChI=1S/C20H32N2O4S/c1-16-7-9-18(10-8-16)27(23,24)21-17(11-14-25-21)15-26-22-19(2,3)12-6-13-20(22,4)5/h7-10,17H,6,11-15H2,1-5H3. The highest BCUT2D eigenvalue weighted by Gasteiger charge is 2.44. The zero-order valence-electron chi connectivity index (χ0n) is 17.1. The third kappa shape index (κ3) is 4.22. The van der Waals surface area contributed by atoms with E-state index in [1.165, 1.54) is 6.42 Å². The maximum atomic E-state index is 13.0. The van der Waals surface area contributed by atoms with E-state index < -0.39 is 10.0 Å². The van der Waals surface area contributed by atoms with E-state index in [1.54, 1.807) is 24.3 Å². The summed E-state index contributed by atoms with van der Waals surface area (Å²) in [5.74, 6) is 0. The molecule has 0 aliphatic carbocycles. The number of nitrogens with zero attached hydrogens (tertiary/aromatic N) is 2. The number of sulfonamides is 1. The fraction of sp³-hybridized carbons (Fsp3) is 0.700. The molecule has 0 saturated carbocycles. The summed E-state index contributed by atoms with van der Waals surface area (Å²) in [5, 5.41) is 2.07. The van der Waals surface area contributed by atoms with Crippen LogP contribution in [0.15, 0.2) is 29.2 Å². The first-order chi connectivity index (χ1) is 12.5. The lowest BCUT2D eigenvalue weighted by Gasteiger charge is -2.51. The van der Waals surface area contributed by atoms with Crippen LogP contribution in [0.25, 0.3) is 0 Å². The average Bonchev–Trinajstić information content (AvgIpc) is 3.03. The van der Waals surface area contributed by atoms with Crippen LogP contribution in [0.2, 0.25) is 0 Å². The Hall–Kier alpha value is -0.990. The number of hydrogen-bond donors (Lipinski definition) is 0. The summed E-state index contributed by atoms with van der Waals surface area (Å²) in [4.78, 5) is 12.0. The van der Waals surface area contributed by atoms with Gasteiger partial charge in [-0.1, -0.05) is 22.2 Å². The maximum Gasteiger partial charge on any atom is 0.265 e. The van der Waals surface area contributed by atoms with Gasteiger partial charge in [-0.3, -0.25) is 9.68 Å². The molecule has 0 bridgehead atoms. The molecule has 2 fully saturated rings. The van der Waals surface area contributed by atoms with Crippen LogP contribution in [0, 0.1) is 6.92 Å². The lowest BCUT2D eigenvalue weighted by molar-refractivity contribution is -0.287. The number of hydrogen-bond acceptors (Lipinski definition) is 5. The summed E-state index contributed by atoms with van der Waals surface area (Å²) < 4.78 is 27.1. The molecule has 2 aliphatic heterocycles. The molecule has 7 heteroatoms. The van der Waals surface area contributed by atoms with E-state index in [0.29, 0.717) is 13.0 Å². The van der Waals surface area contributed by atoms with Crippen molar-refractivity contribution in [2.24, 2.45) is 0 Å². The van der Waals surface area contributed by atoms with Gasteiger partial charge in [-0.05, 0) is 72.4 Å². The van der Waals surface area contributed by atoms with Crippen LogP contribution >= 0.6 is 0 Å². The summed E-state index contributed by atoms with van der Waals surface area (Å²) in [6.07, 6.45) is 3.91. The molecule has 2 aliphatic rings. The van der Waals surface area contributed by atoms with Gasteiger partial charge in [0.05, 0.1) is 24.2 Å². The van der Waals surface area contributed by atoms with Crippen molar-refractivity contribution in [3.63, 3.8) is 0 Å². The van der Waals surface area contributed by atoms with Crippen LogP contribution in [0.3, 0.4) is 0 Å². The van der Waals surface area contributed by atoms with Gasteiger partial charge >= 0.3 is 0 Å². The second-order valence-electron chi connectivity index (χ2n) is 8.92. The Bertz CT molecular complexity index is 743. The molecule has 1 atom stereocenters. The molecular weight excluding hydrogens is 364 g/mol. The number of benzene rings is 1. The highest BCUT2D eigenvalue weighted by molar-refractivity contribution is 7.89. The average molecular weight is 397 g/mol. The third-order valence-electron chi connectivity index (χ3n) is 5.60. The highest BCUT2D eigenvalue weighted by Crippen LogP contribution is 2.38. The summed E-state index contributed by atoms with van der Waals surface area (Å²) in [6, 6.07) is 6.52. The molecular formula is C20H32N2O4S. The van der Waals surface area contributed by atoms with E-state index in [1.807, 2.05) is 6.92 Å². The topological polar surface area (TPSA) is 59.1 Å². The Morgan fingerprint density at radius 2 is 1.70 bits per heavy atom. The number of aryl methyl sites for hydroxylation is 1. The van der Waals surface area contributed by atoms with Crippen molar-refractivity contribution in [2.45, 2.75) is 82.3 Å². The molecule has 0 amide bonds. The van der Waals surface area contributed by atoms with Crippen LogP contribution in [-0.4, -0.2) is 48.3 Å². The van der Waals surface area contributed by atoms with Gasteiger partial charge in [0.15, 0.2) is 0 Å². The van der Waals surface area contributed by atoms with Crippen molar-refractivity contribution in [1.29, 1.82) is 0 Å². The zero-order chi connectivity index (χ0) is 19.9. The van der Waals surface area contributed by atoms with Gasteiger partial charge in [-0.15, -0.1) is 0 Å². The fourth-order valence-electron chi connectivity index (χ4n) is 4.20. The van der Waals surface area contributed by atoms with E-state index in [-0.39, 0.29) is 28.6 Å². The van der Waals surface area contributed by atoms with Gasteiger partial charge in [0.2, 0.25) is 0 Å². The first-order valence-corrected chi connectivity index (χ1v) is 11.2. The molecule has 0 radical (unpaired) electrons. The number of piperidine rings is 1. The van der Waals surface area contributed by atoms with E-state index >= 15 is 0 Å². The fourth-order valence-corrected chi connectivity index (χ4v) is 5.66. The molecule has 27 heavy (non-hydrogen) atoms. The van der Waals surface area contributed by atoms with Crippen LogP contribution in [0.4, 0.5) is 0 Å². The summed E-state index contributed by atoms with van der Waals surface area (Å²) >= 11 is 0. The lowest BCUT2D eigenvalue weighted by Crippen LogP contribution is -2.59.